The SMILES string of the molecule is CO[C@H]1O[C@H](CN=[N+]=[N-])[C@H](OC(C)=O)[C@@H](OC(C)=O)[C@@H]1OC(C)=O. The Balaban J connectivity index is 3.22. The van der Waals surface area contributed by atoms with Gasteiger partial charge in [-0.1, -0.05) is 5.11 Å². The molecule has 1 rings (SSSR count). The van der Waals surface area contributed by atoms with Crippen LogP contribution in [0.5, 0.6) is 0 Å². The molecule has 0 bridgehead atoms. The zero-order valence-corrected chi connectivity index (χ0v) is 13.7. The van der Waals surface area contributed by atoms with Gasteiger partial charge in [-0.3, -0.25) is 14.4 Å². The predicted octanol–water partition coefficient (Wildman–Crippen LogP) is 0.463. The van der Waals surface area contributed by atoms with E-state index in [1.807, 2.05) is 0 Å². The smallest absolute Gasteiger partial charge is 0.303 e. The maximum Gasteiger partial charge on any atom is 0.303 e. The summed E-state index contributed by atoms with van der Waals surface area (Å²) in [6.45, 7) is 3.25. The molecule has 0 saturated carbocycles. The lowest BCUT2D eigenvalue weighted by molar-refractivity contribution is -0.296. The number of carbonyl (C=O) groups is 3. The van der Waals surface area contributed by atoms with Gasteiger partial charge in [-0.15, -0.1) is 0 Å². The molecule has 134 valence electrons. The molecule has 11 nitrogen and oxygen atoms in total. The number of azide groups is 1. The van der Waals surface area contributed by atoms with Crippen LogP contribution < -0.4 is 0 Å². The largest absolute Gasteiger partial charge is 0.456 e. The molecule has 11 heteroatoms. The summed E-state index contributed by atoms with van der Waals surface area (Å²) >= 11 is 0. The Hall–Kier alpha value is -2.36. The summed E-state index contributed by atoms with van der Waals surface area (Å²) in [5, 5.41) is 3.38. The van der Waals surface area contributed by atoms with Gasteiger partial charge in [-0.2, -0.15) is 0 Å². The predicted molar refractivity (Wildman–Crippen MR) is 76.3 cm³/mol. The maximum atomic E-state index is 11.4. The first-order valence-corrected chi connectivity index (χ1v) is 7.01. The van der Waals surface area contributed by atoms with Crippen molar-refractivity contribution in [3.8, 4) is 0 Å². The fraction of sp³-hybridized carbons (Fsp3) is 0.769. The van der Waals surface area contributed by atoms with E-state index in [-0.39, 0.29) is 6.54 Å². The minimum absolute atomic E-state index is 0.209. The minimum atomic E-state index is -1.19. The molecular formula is C13H19N3O8. The van der Waals surface area contributed by atoms with Gasteiger partial charge >= 0.3 is 17.9 Å². The van der Waals surface area contributed by atoms with Crippen molar-refractivity contribution in [1.29, 1.82) is 0 Å². The van der Waals surface area contributed by atoms with E-state index in [1.54, 1.807) is 0 Å². The van der Waals surface area contributed by atoms with E-state index in [2.05, 4.69) is 10.0 Å². The van der Waals surface area contributed by atoms with Crippen molar-refractivity contribution in [3.05, 3.63) is 10.4 Å². The van der Waals surface area contributed by atoms with E-state index in [0.29, 0.717) is 0 Å². The Morgan fingerprint density at radius 2 is 1.50 bits per heavy atom. The Labute approximate surface area is 137 Å². The van der Waals surface area contributed by atoms with Crippen LogP contribution in [-0.2, 0) is 38.1 Å². The molecule has 0 aromatic rings. The average molecular weight is 345 g/mol. The summed E-state index contributed by atoms with van der Waals surface area (Å²) in [6, 6.07) is 0. The number of esters is 3. The first kappa shape index (κ1) is 19.7. The molecule has 0 aromatic heterocycles. The Morgan fingerprint density at radius 1 is 1.00 bits per heavy atom. The lowest BCUT2D eigenvalue weighted by atomic mass is 9.98. The quantitative estimate of drug-likeness (QED) is 0.222. The molecule has 1 fully saturated rings. The zero-order chi connectivity index (χ0) is 18.3. The fourth-order valence-corrected chi connectivity index (χ4v) is 2.31. The van der Waals surface area contributed by atoms with Gasteiger partial charge in [0.2, 0.25) is 0 Å². The van der Waals surface area contributed by atoms with Crippen LogP contribution in [0.4, 0.5) is 0 Å². The second-order valence-corrected chi connectivity index (χ2v) is 4.91. The molecule has 0 amide bonds. The first-order chi connectivity index (χ1) is 11.3. The van der Waals surface area contributed by atoms with Crippen LogP contribution >= 0.6 is 0 Å². The number of ether oxygens (including phenoxy) is 5. The summed E-state index contributed by atoms with van der Waals surface area (Å²) < 4.78 is 26.1. The van der Waals surface area contributed by atoms with Crippen molar-refractivity contribution in [2.24, 2.45) is 5.11 Å². The van der Waals surface area contributed by atoms with Gasteiger partial charge in [0.05, 0.1) is 6.54 Å². The molecule has 0 unspecified atom stereocenters. The second kappa shape index (κ2) is 9.06. The highest BCUT2D eigenvalue weighted by atomic mass is 16.7. The van der Waals surface area contributed by atoms with Gasteiger partial charge in [0, 0.05) is 32.8 Å². The van der Waals surface area contributed by atoms with Crippen molar-refractivity contribution in [2.75, 3.05) is 13.7 Å². The highest BCUT2D eigenvalue weighted by Crippen LogP contribution is 2.29. The molecule has 1 aliphatic heterocycles. The Morgan fingerprint density at radius 3 is 1.96 bits per heavy atom. The maximum absolute atomic E-state index is 11.4. The second-order valence-electron chi connectivity index (χ2n) is 4.91. The molecule has 0 spiro atoms. The molecule has 0 N–H and O–H groups in total. The van der Waals surface area contributed by atoms with E-state index >= 15 is 0 Å². The molecule has 0 aromatic carbocycles. The Bertz CT molecular complexity index is 533. The summed E-state index contributed by atoms with van der Waals surface area (Å²) in [6.07, 6.45) is -5.56. The topological polar surface area (TPSA) is 146 Å². The normalized spacial score (nSPS) is 29.1. The lowest BCUT2D eigenvalue weighted by Crippen LogP contribution is -2.62. The molecule has 1 saturated heterocycles. The third-order valence-electron chi connectivity index (χ3n) is 3.05. The van der Waals surface area contributed by atoms with Gasteiger partial charge in [-0.25, -0.2) is 0 Å². The van der Waals surface area contributed by atoms with Gasteiger partial charge in [0.25, 0.3) is 0 Å². The van der Waals surface area contributed by atoms with E-state index in [9.17, 15) is 14.4 Å². The molecule has 0 radical (unpaired) electrons. The van der Waals surface area contributed by atoms with Crippen LogP contribution in [0.3, 0.4) is 0 Å². The third-order valence-corrected chi connectivity index (χ3v) is 3.05. The number of hydrogen-bond acceptors (Lipinski definition) is 9. The van der Waals surface area contributed by atoms with Crippen LogP contribution in [-0.4, -0.2) is 62.3 Å². The number of methoxy groups -OCH3 is 1. The zero-order valence-electron chi connectivity index (χ0n) is 13.7. The standard InChI is InChI=1S/C13H19N3O8/c1-6(17)21-10-9(5-15-16-14)24-13(20-4)12(23-8(3)19)11(10)22-7(2)18/h9-13H,5H2,1-4H3/t9-,10+,11-,12+,13+/m1/s1. The average Bonchev–Trinajstić information content (AvgIpc) is 2.48. The van der Waals surface area contributed by atoms with Crippen molar-refractivity contribution < 1.29 is 38.1 Å². The van der Waals surface area contributed by atoms with Crippen LogP contribution in [0.25, 0.3) is 10.4 Å². The summed E-state index contributed by atoms with van der Waals surface area (Å²) in [7, 11) is 1.29. The van der Waals surface area contributed by atoms with Gasteiger partial charge < -0.3 is 23.7 Å². The highest BCUT2D eigenvalue weighted by molar-refractivity contribution is 5.68. The third kappa shape index (κ3) is 5.37. The van der Waals surface area contributed by atoms with Gasteiger partial charge in [0.15, 0.2) is 24.6 Å². The molecule has 5 atom stereocenters. The fourth-order valence-electron chi connectivity index (χ4n) is 2.31. The molecule has 24 heavy (non-hydrogen) atoms. The first-order valence-electron chi connectivity index (χ1n) is 7.01. The van der Waals surface area contributed by atoms with E-state index in [0.717, 1.165) is 20.8 Å². The number of hydrogen-bond donors (Lipinski definition) is 0. The minimum Gasteiger partial charge on any atom is -0.456 e. The van der Waals surface area contributed by atoms with E-state index in [1.165, 1.54) is 7.11 Å². The number of rotatable bonds is 6. The molecule has 1 heterocycles. The van der Waals surface area contributed by atoms with Crippen LogP contribution in [0.2, 0.25) is 0 Å². The van der Waals surface area contributed by atoms with Gasteiger partial charge in [0.1, 0.15) is 6.10 Å². The van der Waals surface area contributed by atoms with Crippen LogP contribution in [0.15, 0.2) is 5.11 Å². The molecule has 0 aliphatic carbocycles. The lowest BCUT2D eigenvalue weighted by Gasteiger charge is -2.43. The van der Waals surface area contributed by atoms with E-state index < -0.39 is 48.6 Å². The molecular weight excluding hydrogens is 326 g/mol. The number of carbonyl (C=O) groups excluding carboxylic acids is 3. The monoisotopic (exact) mass is 345 g/mol. The number of nitrogens with zero attached hydrogens (tertiary/aromatic N) is 3. The van der Waals surface area contributed by atoms with Crippen LogP contribution in [0.1, 0.15) is 20.8 Å². The van der Waals surface area contributed by atoms with Crippen molar-refractivity contribution in [3.63, 3.8) is 0 Å². The van der Waals surface area contributed by atoms with Crippen molar-refractivity contribution in [1.82, 2.24) is 0 Å². The summed E-state index contributed by atoms with van der Waals surface area (Å²) in [5.41, 5.74) is 8.48. The highest BCUT2D eigenvalue weighted by Gasteiger charge is 2.51. The van der Waals surface area contributed by atoms with Crippen molar-refractivity contribution in [2.45, 2.75) is 51.5 Å². The van der Waals surface area contributed by atoms with E-state index in [4.69, 9.17) is 29.2 Å². The Kier molecular flexibility index (Phi) is 7.43. The summed E-state index contributed by atoms with van der Waals surface area (Å²) in [5.74, 6) is -2.03. The van der Waals surface area contributed by atoms with Crippen molar-refractivity contribution >= 4 is 17.9 Å². The molecule has 1 aliphatic rings. The van der Waals surface area contributed by atoms with Gasteiger partial charge in [-0.05, 0) is 5.53 Å². The van der Waals surface area contributed by atoms with Crippen LogP contribution in [0, 0.1) is 0 Å². The summed E-state index contributed by atoms with van der Waals surface area (Å²) in [4.78, 5) is 36.8.